The summed E-state index contributed by atoms with van der Waals surface area (Å²) in [6.45, 7) is 0. The molecule has 0 aliphatic heterocycles. The van der Waals surface area contributed by atoms with E-state index in [0.717, 1.165) is 15.1 Å². The van der Waals surface area contributed by atoms with Gasteiger partial charge in [0.05, 0.1) is 0 Å². The van der Waals surface area contributed by atoms with E-state index in [9.17, 15) is 9.59 Å². The van der Waals surface area contributed by atoms with Crippen LogP contribution in [-0.2, 0) is 7.05 Å². The average Bonchev–Trinajstić information content (AvgIpc) is 2.43. The molecule has 0 aliphatic rings. The SMILES string of the molecule is CNc1ccccc1Sc1[nH]c(=O)n(C)c(=O)c1Br. The molecule has 2 rings (SSSR count). The third-order valence-electron chi connectivity index (χ3n) is 2.59. The van der Waals surface area contributed by atoms with Crippen molar-refractivity contribution < 1.29 is 0 Å². The summed E-state index contributed by atoms with van der Waals surface area (Å²) in [4.78, 5) is 27.0. The highest BCUT2D eigenvalue weighted by Crippen LogP contribution is 2.33. The van der Waals surface area contributed by atoms with Crippen molar-refractivity contribution in [3.05, 3.63) is 49.6 Å². The molecule has 0 unspecified atom stereocenters. The molecule has 0 amide bonds. The van der Waals surface area contributed by atoms with Crippen LogP contribution in [0, 0.1) is 0 Å². The van der Waals surface area contributed by atoms with E-state index in [2.05, 4.69) is 26.2 Å². The van der Waals surface area contributed by atoms with Crippen LogP contribution in [0.1, 0.15) is 0 Å². The first-order valence-corrected chi connectivity index (χ1v) is 7.09. The van der Waals surface area contributed by atoms with Crippen molar-refractivity contribution in [2.45, 2.75) is 9.92 Å². The average molecular weight is 342 g/mol. The standard InChI is InChI=1S/C12H12BrN3O2S/c1-14-7-5-3-4-6-8(7)19-10-9(13)11(17)16(2)12(18)15-10/h3-6,14H,1-2H3,(H,15,18). The lowest BCUT2D eigenvalue weighted by atomic mass is 10.3. The molecule has 100 valence electrons. The molecule has 0 fully saturated rings. The number of rotatable bonds is 3. The van der Waals surface area contributed by atoms with E-state index in [1.807, 2.05) is 31.3 Å². The summed E-state index contributed by atoms with van der Waals surface area (Å²) in [5.74, 6) is 0. The minimum atomic E-state index is -0.433. The van der Waals surface area contributed by atoms with Crippen molar-refractivity contribution >= 4 is 33.4 Å². The lowest BCUT2D eigenvalue weighted by Crippen LogP contribution is -2.33. The Morgan fingerprint density at radius 2 is 2.00 bits per heavy atom. The second-order valence-corrected chi connectivity index (χ2v) is 5.63. The fraction of sp³-hybridized carbons (Fsp3) is 0.167. The first-order valence-electron chi connectivity index (χ1n) is 5.48. The molecule has 0 spiro atoms. The van der Waals surface area contributed by atoms with Gasteiger partial charge in [-0.05, 0) is 28.1 Å². The van der Waals surface area contributed by atoms with Crippen LogP contribution in [0.5, 0.6) is 0 Å². The number of anilines is 1. The highest BCUT2D eigenvalue weighted by atomic mass is 79.9. The molecule has 7 heteroatoms. The van der Waals surface area contributed by atoms with Crippen molar-refractivity contribution in [2.24, 2.45) is 7.05 Å². The van der Waals surface area contributed by atoms with Gasteiger partial charge in [0, 0.05) is 24.7 Å². The Hall–Kier alpha value is -1.47. The number of halogens is 1. The molecule has 1 aromatic heterocycles. The van der Waals surface area contributed by atoms with Crippen molar-refractivity contribution in [3.8, 4) is 0 Å². The maximum atomic E-state index is 11.8. The summed E-state index contributed by atoms with van der Waals surface area (Å²) in [6.07, 6.45) is 0. The number of H-pyrrole nitrogens is 1. The fourth-order valence-corrected chi connectivity index (χ4v) is 3.08. The van der Waals surface area contributed by atoms with E-state index < -0.39 is 5.69 Å². The first kappa shape index (κ1) is 14.0. The molecular formula is C12H12BrN3O2S. The van der Waals surface area contributed by atoms with Crippen LogP contribution in [0.3, 0.4) is 0 Å². The third kappa shape index (κ3) is 2.76. The monoisotopic (exact) mass is 341 g/mol. The van der Waals surface area contributed by atoms with Gasteiger partial charge in [0.1, 0.15) is 9.50 Å². The molecule has 0 aliphatic carbocycles. The summed E-state index contributed by atoms with van der Waals surface area (Å²) in [6, 6.07) is 7.65. The van der Waals surface area contributed by atoms with Crippen LogP contribution in [0.4, 0.5) is 5.69 Å². The van der Waals surface area contributed by atoms with Crippen molar-refractivity contribution in [3.63, 3.8) is 0 Å². The molecule has 0 saturated heterocycles. The lowest BCUT2D eigenvalue weighted by molar-refractivity contribution is 0.739. The molecule has 5 nitrogen and oxygen atoms in total. The van der Waals surface area contributed by atoms with Crippen LogP contribution in [0.25, 0.3) is 0 Å². The van der Waals surface area contributed by atoms with Gasteiger partial charge in [-0.25, -0.2) is 4.79 Å². The quantitative estimate of drug-likeness (QED) is 0.838. The number of aromatic nitrogens is 2. The predicted molar refractivity (Wildman–Crippen MR) is 80.1 cm³/mol. The van der Waals surface area contributed by atoms with E-state index in [4.69, 9.17) is 0 Å². The highest BCUT2D eigenvalue weighted by molar-refractivity contribution is 9.10. The second-order valence-electron chi connectivity index (χ2n) is 3.79. The molecule has 1 heterocycles. The zero-order valence-electron chi connectivity index (χ0n) is 10.4. The molecule has 0 atom stereocenters. The molecule has 1 aromatic carbocycles. The maximum absolute atomic E-state index is 11.8. The Labute approximate surface area is 122 Å². The molecule has 0 radical (unpaired) electrons. The van der Waals surface area contributed by atoms with Gasteiger partial charge in [-0.2, -0.15) is 0 Å². The first-order chi connectivity index (χ1) is 9.04. The minimum absolute atomic E-state index is 0.352. The van der Waals surface area contributed by atoms with Crippen LogP contribution < -0.4 is 16.6 Å². The van der Waals surface area contributed by atoms with E-state index in [0.29, 0.717) is 9.50 Å². The van der Waals surface area contributed by atoms with Crippen molar-refractivity contribution in [2.75, 3.05) is 12.4 Å². The smallest absolute Gasteiger partial charge is 0.328 e. The normalized spacial score (nSPS) is 10.5. The highest BCUT2D eigenvalue weighted by Gasteiger charge is 2.12. The maximum Gasteiger partial charge on any atom is 0.328 e. The van der Waals surface area contributed by atoms with Gasteiger partial charge < -0.3 is 10.3 Å². The van der Waals surface area contributed by atoms with Gasteiger partial charge in [0.25, 0.3) is 5.56 Å². The van der Waals surface area contributed by atoms with Crippen LogP contribution in [0.15, 0.2) is 48.2 Å². The van der Waals surface area contributed by atoms with Gasteiger partial charge in [-0.3, -0.25) is 9.36 Å². The third-order valence-corrected chi connectivity index (χ3v) is 4.67. The van der Waals surface area contributed by atoms with E-state index in [1.54, 1.807) is 0 Å². The molecule has 19 heavy (non-hydrogen) atoms. The van der Waals surface area contributed by atoms with Gasteiger partial charge in [0.2, 0.25) is 0 Å². The Bertz CT molecular complexity index is 724. The summed E-state index contributed by atoms with van der Waals surface area (Å²) in [7, 11) is 3.25. The van der Waals surface area contributed by atoms with E-state index in [-0.39, 0.29) is 5.56 Å². The molecule has 2 N–H and O–H groups in total. The zero-order valence-corrected chi connectivity index (χ0v) is 12.8. The number of para-hydroxylation sites is 1. The van der Waals surface area contributed by atoms with Gasteiger partial charge in [0.15, 0.2) is 0 Å². The Morgan fingerprint density at radius 3 is 2.68 bits per heavy atom. The lowest BCUT2D eigenvalue weighted by Gasteiger charge is -2.09. The van der Waals surface area contributed by atoms with Crippen molar-refractivity contribution in [1.82, 2.24) is 9.55 Å². The fourth-order valence-electron chi connectivity index (χ4n) is 1.51. The Kier molecular flexibility index (Phi) is 4.16. The van der Waals surface area contributed by atoms with Crippen LogP contribution in [-0.4, -0.2) is 16.6 Å². The van der Waals surface area contributed by atoms with E-state index in [1.165, 1.54) is 18.8 Å². The number of hydrogen-bond acceptors (Lipinski definition) is 4. The van der Waals surface area contributed by atoms with Crippen LogP contribution >= 0.6 is 27.7 Å². The second kappa shape index (κ2) is 5.66. The molecule has 0 bridgehead atoms. The molecule has 2 aromatic rings. The zero-order chi connectivity index (χ0) is 14.0. The summed E-state index contributed by atoms with van der Waals surface area (Å²) >= 11 is 4.55. The van der Waals surface area contributed by atoms with E-state index >= 15 is 0 Å². The number of hydrogen-bond donors (Lipinski definition) is 2. The summed E-state index contributed by atoms with van der Waals surface area (Å²) < 4.78 is 1.38. The Balaban J connectivity index is 2.50. The molecule has 0 saturated carbocycles. The number of nitrogens with zero attached hydrogens (tertiary/aromatic N) is 1. The number of aromatic amines is 1. The van der Waals surface area contributed by atoms with Gasteiger partial charge in [-0.1, -0.05) is 23.9 Å². The van der Waals surface area contributed by atoms with Gasteiger partial charge in [-0.15, -0.1) is 0 Å². The topological polar surface area (TPSA) is 66.9 Å². The molecular weight excluding hydrogens is 330 g/mol. The van der Waals surface area contributed by atoms with Crippen molar-refractivity contribution in [1.29, 1.82) is 0 Å². The predicted octanol–water partition coefficient (Wildman–Crippen LogP) is 2.03. The van der Waals surface area contributed by atoms with Gasteiger partial charge >= 0.3 is 5.69 Å². The largest absolute Gasteiger partial charge is 0.387 e. The minimum Gasteiger partial charge on any atom is -0.387 e. The summed E-state index contributed by atoms with van der Waals surface area (Å²) in [5, 5.41) is 3.56. The number of benzene rings is 1. The number of nitrogens with one attached hydrogen (secondary N) is 2. The Morgan fingerprint density at radius 1 is 1.32 bits per heavy atom. The summed E-state index contributed by atoms with van der Waals surface area (Å²) in [5.41, 5.74) is 0.145. The van der Waals surface area contributed by atoms with Crippen LogP contribution in [0.2, 0.25) is 0 Å².